The van der Waals surface area contributed by atoms with E-state index < -0.39 is 11.6 Å². The van der Waals surface area contributed by atoms with Gasteiger partial charge in [0.05, 0.1) is 0 Å². The van der Waals surface area contributed by atoms with Crippen LogP contribution in [0.25, 0.3) is 0 Å². The fraction of sp³-hybridized carbons (Fsp3) is 0.650. The van der Waals surface area contributed by atoms with Crippen LogP contribution >= 0.6 is 0 Å². The number of benzene rings is 1. The van der Waals surface area contributed by atoms with Gasteiger partial charge in [0.15, 0.2) is 5.67 Å². The van der Waals surface area contributed by atoms with Crippen molar-refractivity contribution in [3.63, 3.8) is 0 Å². The molecular formula is C20H29FN2O. The van der Waals surface area contributed by atoms with E-state index in [0.717, 1.165) is 12.8 Å². The molecule has 1 saturated heterocycles. The number of halogens is 1. The van der Waals surface area contributed by atoms with Crippen LogP contribution in [0.1, 0.15) is 56.2 Å². The molecule has 1 aromatic carbocycles. The van der Waals surface area contributed by atoms with E-state index in [2.05, 4.69) is 37.8 Å². The van der Waals surface area contributed by atoms with Crippen molar-refractivity contribution < 1.29 is 9.18 Å². The topological polar surface area (TPSA) is 46.3 Å². The number of hydrogen-bond acceptors (Lipinski definition) is 2. The number of hydrogen-bond donors (Lipinski definition) is 1. The first-order valence-corrected chi connectivity index (χ1v) is 9.06. The van der Waals surface area contributed by atoms with Crippen LogP contribution in [0, 0.1) is 12.3 Å². The number of alkyl halides is 1. The molecule has 1 aliphatic carbocycles. The predicted octanol–water partition coefficient (Wildman–Crippen LogP) is 3.69. The van der Waals surface area contributed by atoms with Gasteiger partial charge in [-0.25, -0.2) is 4.39 Å². The molecule has 0 bridgehead atoms. The lowest BCUT2D eigenvalue weighted by molar-refractivity contribution is -0.130. The maximum Gasteiger partial charge on any atom is 0.255 e. The molecule has 0 unspecified atom stereocenters. The van der Waals surface area contributed by atoms with Gasteiger partial charge < -0.3 is 10.6 Å². The van der Waals surface area contributed by atoms with E-state index in [1.807, 2.05) is 0 Å². The molecule has 132 valence electrons. The van der Waals surface area contributed by atoms with Gasteiger partial charge in [-0.3, -0.25) is 4.79 Å². The summed E-state index contributed by atoms with van der Waals surface area (Å²) in [4.78, 5) is 13.5. The standard InChI is InChI=1S/C20H29FN2O/c1-14-11-16-13-19(2,3)6-4-5-15(16)12-17(14)23-9-7-20(21,8-10-23)18(22)24/h11-12H,4-10,13H2,1-3H3,(H2,22,24). The van der Waals surface area contributed by atoms with Crippen molar-refractivity contribution in [3.05, 3.63) is 28.8 Å². The van der Waals surface area contributed by atoms with Gasteiger partial charge in [-0.2, -0.15) is 0 Å². The van der Waals surface area contributed by atoms with Crippen molar-refractivity contribution in [2.45, 2.75) is 65.0 Å². The van der Waals surface area contributed by atoms with Gasteiger partial charge in [0.2, 0.25) is 0 Å². The van der Waals surface area contributed by atoms with Crippen LogP contribution < -0.4 is 10.6 Å². The van der Waals surface area contributed by atoms with Crippen LogP contribution in [0.4, 0.5) is 10.1 Å². The number of primary amides is 1. The van der Waals surface area contributed by atoms with Crippen molar-refractivity contribution in [1.29, 1.82) is 0 Å². The van der Waals surface area contributed by atoms with Crippen LogP contribution in [0.3, 0.4) is 0 Å². The summed E-state index contributed by atoms with van der Waals surface area (Å²) in [6.07, 6.45) is 5.09. The van der Waals surface area contributed by atoms with Gasteiger partial charge in [0, 0.05) is 31.6 Å². The van der Waals surface area contributed by atoms with E-state index in [0.29, 0.717) is 18.5 Å². The highest BCUT2D eigenvalue weighted by Crippen LogP contribution is 2.37. The first-order chi connectivity index (χ1) is 11.2. The lowest BCUT2D eigenvalue weighted by Gasteiger charge is -2.37. The van der Waals surface area contributed by atoms with Gasteiger partial charge in [0.25, 0.3) is 5.91 Å². The molecule has 2 N–H and O–H groups in total. The van der Waals surface area contributed by atoms with Crippen LogP contribution in [-0.4, -0.2) is 24.7 Å². The second-order valence-corrected chi connectivity index (χ2v) is 8.42. The number of fused-ring (bicyclic) bond motifs is 1. The zero-order valence-corrected chi connectivity index (χ0v) is 15.1. The Morgan fingerprint density at radius 1 is 1.17 bits per heavy atom. The number of amides is 1. The number of rotatable bonds is 2. The second-order valence-electron chi connectivity index (χ2n) is 8.42. The normalized spacial score (nSPS) is 22.6. The summed E-state index contributed by atoms with van der Waals surface area (Å²) in [5, 5.41) is 0. The van der Waals surface area contributed by atoms with Crippen molar-refractivity contribution in [1.82, 2.24) is 0 Å². The molecule has 0 spiro atoms. The molecule has 1 amide bonds. The molecule has 0 aromatic heterocycles. The molecule has 2 aliphatic rings. The maximum atomic E-state index is 14.4. The predicted molar refractivity (Wildman–Crippen MR) is 96.1 cm³/mol. The molecule has 0 saturated carbocycles. The molecule has 0 atom stereocenters. The van der Waals surface area contributed by atoms with Crippen LogP contribution in [0.15, 0.2) is 12.1 Å². The maximum absolute atomic E-state index is 14.4. The first-order valence-electron chi connectivity index (χ1n) is 9.06. The number of carbonyl (C=O) groups excluding carboxylic acids is 1. The SMILES string of the molecule is Cc1cc2c(cc1N1CCC(F)(C(N)=O)CC1)CCCC(C)(C)C2. The highest BCUT2D eigenvalue weighted by Gasteiger charge is 2.40. The molecule has 0 radical (unpaired) electrons. The average molecular weight is 332 g/mol. The third-order valence-electron chi connectivity index (χ3n) is 5.83. The van der Waals surface area contributed by atoms with E-state index in [-0.39, 0.29) is 12.8 Å². The van der Waals surface area contributed by atoms with E-state index in [4.69, 9.17) is 5.73 Å². The van der Waals surface area contributed by atoms with Crippen LogP contribution in [0.2, 0.25) is 0 Å². The molecule has 1 aromatic rings. The Kier molecular flexibility index (Phi) is 4.35. The number of nitrogens with zero attached hydrogens (tertiary/aromatic N) is 1. The summed E-state index contributed by atoms with van der Waals surface area (Å²) in [6.45, 7) is 7.93. The number of anilines is 1. The van der Waals surface area contributed by atoms with Crippen LogP contribution in [-0.2, 0) is 17.6 Å². The molecular weight excluding hydrogens is 303 g/mol. The first kappa shape index (κ1) is 17.2. The minimum absolute atomic E-state index is 0.186. The summed E-state index contributed by atoms with van der Waals surface area (Å²) in [5.74, 6) is -0.817. The van der Waals surface area contributed by atoms with E-state index in [1.165, 1.54) is 35.2 Å². The number of carbonyl (C=O) groups is 1. The van der Waals surface area contributed by atoms with Crippen molar-refractivity contribution in [3.8, 4) is 0 Å². The molecule has 3 rings (SSSR count). The fourth-order valence-electron chi connectivity index (χ4n) is 4.25. The summed E-state index contributed by atoms with van der Waals surface area (Å²) in [7, 11) is 0. The van der Waals surface area contributed by atoms with Crippen molar-refractivity contribution in [2.24, 2.45) is 11.1 Å². The van der Waals surface area contributed by atoms with E-state index >= 15 is 0 Å². The number of nitrogens with two attached hydrogens (primary N) is 1. The quantitative estimate of drug-likeness (QED) is 0.840. The summed E-state index contributed by atoms with van der Waals surface area (Å²) in [5.41, 5.74) is 9.09. The Balaban J connectivity index is 1.83. The average Bonchev–Trinajstić information content (AvgIpc) is 2.64. The van der Waals surface area contributed by atoms with Gasteiger partial charge in [-0.15, -0.1) is 0 Å². The van der Waals surface area contributed by atoms with E-state index in [9.17, 15) is 9.18 Å². The van der Waals surface area contributed by atoms with Crippen LogP contribution in [0.5, 0.6) is 0 Å². The molecule has 3 nitrogen and oxygen atoms in total. The Morgan fingerprint density at radius 3 is 2.46 bits per heavy atom. The summed E-state index contributed by atoms with van der Waals surface area (Å²) in [6, 6.07) is 4.63. The Bertz CT molecular complexity index is 645. The third-order valence-corrected chi connectivity index (χ3v) is 5.83. The highest BCUT2D eigenvalue weighted by molar-refractivity contribution is 5.83. The van der Waals surface area contributed by atoms with Crippen molar-refractivity contribution in [2.75, 3.05) is 18.0 Å². The Morgan fingerprint density at radius 2 is 1.83 bits per heavy atom. The monoisotopic (exact) mass is 332 g/mol. The summed E-state index contributed by atoms with van der Waals surface area (Å²) >= 11 is 0. The van der Waals surface area contributed by atoms with Gasteiger partial charge in [0.1, 0.15) is 0 Å². The van der Waals surface area contributed by atoms with Gasteiger partial charge in [-0.05, 0) is 60.8 Å². The van der Waals surface area contributed by atoms with E-state index in [1.54, 1.807) is 0 Å². The lowest BCUT2D eigenvalue weighted by atomic mass is 9.83. The summed E-state index contributed by atoms with van der Waals surface area (Å²) < 4.78 is 14.4. The Labute approximate surface area is 144 Å². The number of aryl methyl sites for hydroxylation is 2. The number of piperidine rings is 1. The van der Waals surface area contributed by atoms with Gasteiger partial charge in [-0.1, -0.05) is 19.9 Å². The molecule has 1 fully saturated rings. The Hall–Kier alpha value is -1.58. The molecule has 1 heterocycles. The molecule has 4 heteroatoms. The smallest absolute Gasteiger partial charge is 0.255 e. The third kappa shape index (κ3) is 3.28. The zero-order valence-electron chi connectivity index (χ0n) is 15.1. The largest absolute Gasteiger partial charge is 0.371 e. The van der Waals surface area contributed by atoms with Crippen molar-refractivity contribution >= 4 is 11.6 Å². The minimum Gasteiger partial charge on any atom is -0.371 e. The minimum atomic E-state index is -1.83. The zero-order chi connectivity index (χ0) is 17.5. The lowest BCUT2D eigenvalue weighted by Crippen LogP contribution is -2.49. The molecule has 24 heavy (non-hydrogen) atoms. The fourth-order valence-corrected chi connectivity index (χ4v) is 4.25. The second kappa shape index (κ2) is 6.05. The highest BCUT2D eigenvalue weighted by atomic mass is 19.1. The molecule has 1 aliphatic heterocycles. The van der Waals surface area contributed by atoms with Gasteiger partial charge >= 0.3 is 0 Å².